The summed E-state index contributed by atoms with van der Waals surface area (Å²) in [6.07, 6.45) is -4.51. The molecule has 2 N–H and O–H groups in total. The van der Waals surface area contributed by atoms with E-state index < -0.39 is 17.6 Å². The van der Waals surface area contributed by atoms with Gasteiger partial charge in [0.2, 0.25) is 0 Å². The van der Waals surface area contributed by atoms with Crippen LogP contribution in [0.1, 0.15) is 21.5 Å². The van der Waals surface area contributed by atoms with Gasteiger partial charge in [0.05, 0.1) is 28.9 Å². The first-order valence-corrected chi connectivity index (χ1v) is 8.94. The molecule has 4 nitrogen and oxygen atoms in total. The second-order valence-electron chi connectivity index (χ2n) is 5.40. The summed E-state index contributed by atoms with van der Waals surface area (Å²) in [5.74, 6) is -0.164. The van der Waals surface area contributed by atoms with Crippen LogP contribution in [0.15, 0.2) is 34.8 Å². The molecule has 1 amide bonds. The Morgan fingerprint density at radius 2 is 1.93 bits per heavy atom. The molecule has 0 bridgehead atoms. The predicted molar refractivity (Wildman–Crippen MR) is 106 cm³/mol. The first kappa shape index (κ1) is 21.5. The molecule has 10 heteroatoms. The van der Waals surface area contributed by atoms with Crippen molar-refractivity contribution in [3.8, 4) is 5.75 Å². The Kier molecular flexibility index (Phi) is 6.72. The fourth-order valence-electron chi connectivity index (χ4n) is 2.29. The molecule has 0 saturated heterocycles. The maximum absolute atomic E-state index is 12.7. The number of anilines is 1. The smallest absolute Gasteiger partial charge is 0.416 e. The summed E-state index contributed by atoms with van der Waals surface area (Å²) in [5.41, 5.74) is 0.225. The van der Waals surface area contributed by atoms with Crippen LogP contribution in [0.5, 0.6) is 5.75 Å². The predicted octanol–water partition coefficient (Wildman–Crippen LogP) is 5.57. The zero-order valence-corrected chi connectivity index (χ0v) is 17.2. The van der Waals surface area contributed by atoms with E-state index in [9.17, 15) is 18.0 Å². The number of methoxy groups -OCH3 is 1. The van der Waals surface area contributed by atoms with Crippen LogP contribution in [0.2, 0.25) is 5.02 Å². The van der Waals surface area contributed by atoms with Crippen LogP contribution >= 0.6 is 39.7 Å². The van der Waals surface area contributed by atoms with E-state index in [4.69, 9.17) is 28.6 Å². The molecule has 0 saturated carbocycles. The van der Waals surface area contributed by atoms with Gasteiger partial charge in [-0.15, -0.1) is 0 Å². The first-order valence-electron chi connectivity index (χ1n) is 7.36. The van der Waals surface area contributed by atoms with Crippen LogP contribution in [0, 0.1) is 6.92 Å². The lowest BCUT2D eigenvalue weighted by molar-refractivity contribution is -0.137. The molecule has 0 aliphatic carbocycles. The van der Waals surface area contributed by atoms with Crippen molar-refractivity contribution in [3.05, 3.63) is 56.5 Å². The van der Waals surface area contributed by atoms with Gasteiger partial charge in [-0.25, -0.2) is 0 Å². The molecule has 0 aliphatic rings. The van der Waals surface area contributed by atoms with E-state index in [2.05, 4.69) is 26.6 Å². The minimum atomic E-state index is -4.51. The highest BCUT2D eigenvalue weighted by atomic mass is 79.9. The van der Waals surface area contributed by atoms with E-state index in [1.807, 2.05) is 0 Å². The van der Waals surface area contributed by atoms with Gasteiger partial charge in [0.1, 0.15) is 5.75 Å². The summed E-state index contributed by atoms with van der Waals surface area (Å²) in [6, 6.07) is 6.12. The number of ether oxygens (including phenoxy) is 1. The number of carbonyl (C=O) groups excluding carboxylic acids is 1. The molecule has 2 aromatic carbocycles. The SMILES string of the molecule is COc1c(C)cc(Br)cc1C(=O)NC(=S)Nc1ccc(C(F)(F)F)cc1Cl. The van der Waals surface area contributed by atoms with Crippen molar-refractivity contribution >= 4 is 56.5 Å². The Morgan fingerprint density at radius 1 is 1.26 bits per heavy atom. The summed E-state index contributed by atoms with van der Waals surface area (Å²) >= 11 is 14.2. The third-order valence-electron chi connectivity index (χ3n) is 3.46. The lowest BCUT2D eigenvalue weighted by Crippen LogP contribution is -2.34. The zero-order chi connectivity index (χ0) is 20.4. The summed E-state index contributed by atoms with van der Waals surface area (Å²) in [4.78, 5) is 12.5. The Labute approximate surface area is 172 Å². The monoisotopic (exact) mass is 480 g/mol. The van der Waals surface area contributed by atoms with Crippen molar-refractivity contribution in [3.63, 3.8) is 0 Å². The molecule has 0 fully saturated rings. The summed E-state index contributed by atoms with van der Waals surface area (Å²) < 4.78 is 44.0. The summed E-state index contributed by atoms with van der Waals surface area (Å²) in [5, 5.41) is 4.74. The number of rotatable bonds is 3. The second kappa shape index (κ2) is 8.45. The van der Waals surface area contributed by atoms with Crippen LogP contribution in [0.3, 0.4) is 0 Å². The van der Waals surface area contributed by atoms with Gasteiger partial charge in [0.25, 0.3) is 5.91 Å². The number of aryl methyl sites for hydroxylation is 1. The maximum atomic E-state index is 12.7. The Morgan fingerprint density at radius 3 is 2.48 bits per heavy atom. The lowest BCUT2D eigenvalue weighted by Gasteiger charge is -2.15. The minimum absolute atomic E-state index is 0.124. The van der Waals surface area contributed by atoms with Gasteiger partial charge in [-0.2, -0.15) is 13.2 Å². The molecular formula is C17H13BrClF3N2O2S. The van der Waals surface area contributed by atoms with Gasteiger partial charge in [-0.3, -0.25) is 10.1 Å². The van der Waals surface area contributed by atoms with Gasteiger partial charge in [-0.05, 0) is 55.0 Å². The van der Waals surface area contributed by atoms with E-state index in [1.165, 1.54) is 7.11 Å². The highest BCUT2D eigenvalue weighted by Crippen LogP contribution is 2.33. The molecule has 27 heavy (non-hydrogen) atoms. The fourth-order valence-corrected chi connectivity index (χ4v) is 3.29. The molecule has 144 valence electrons. The zero-order valence-electron chi connectivity index (χ0n) is 14.0. The van der Waals surface area contributed by atoms with Crippen LogP contribution in [-0.2, 0) is 6.18 Å². The van der Waals surface area contributed by atoms with Crippen LogP contribution in [-0.4, -0.2) is 18.1 Å². The average Bonchev–Trinajstić information content (AvgIpc) is 2.55. The van der Waals surface area contributed by atoms with Crippen molar-refractivity contribution in [1.29, 1.82) is 0 Å². The third-order valence-corrected chi connectivity index (χ3v) is 4.43. The van der Waals surface area contributed by atoms with Crippen molar-refractivity contribution in [2.45, 2.75) is 13.1 Å². The van der Waals surface area contributed by atoms with Gasteiger partial charge in [-0.1, -0.05) is 27.5 Å². The van der Waals surface area contributed by atoms with Crippen molar-refractivity contribution in [2.24, 2.45) is 0 Å². The molecule has 0 aliphatic heterocycles. The van der Waals surface area contributed by atoms with E-state index in [1.54, 1.807) is 19.1 Å². The molecule has 2 rings (SSSR count). The number of benzene rings is 2. The van der Waals surface area contributed by atoms with Gasteiger partial charge in [0, 0.05) is 4.47 Å². The van der Waals surface area contributed by atoms with Crippen molar-refractivity contribution < 1.29 is 22.7 Å². The van der Waals surface area contributed by atoms with Crippen LogP contribution in [0.4, 0.5) is 18.9 Å². The van der Waals surface area contributed by atoms with Crippen LogP contribution < -0.4 is 15.4 Å². The molecule has 0 spiro atoms. The highest BCUT2D eigenvalue weighted by Gasteiger charge is 2.31. The number of carbonyl (C=O) groups is 1. The number of hydrogen-bond acceptors (Lipinski definition) is 3. The topological polar surface area (TPSA) is 50.4 Å². The number of amides is 1. The fraction of sp³-hybridized carbons (Fsp3) is 0.176. The Balaban J connectivity index is 2.16. The number of nitrogens with one attached hydrogen (secondary N) is 2. The number of alkyl halides is 3. The summed E-state index contributed by atoms with van der Waals surface area (Å²) in [7, 11) is 1.44. The highest BCUT2D eigenvalue weighted by molar-refractivity contribution is 9.10. The van der Waals surface area contributed by atoms with Gasteiger partial charge in [0.15, 0.2) is 5.11 Å². The quantitative estimate of drug-likeness (QED) is 0.563. The van der Waals surface area contributed by atoms with E-state index >= 15 is 0 Å². The average molecular weight is 482 g/mol. The molecule has 0 atom stereocenters. The van der Waals surface area contributed by atoms with Crippen molar-refractivity contribution in [2.75, 3.05) is 12.4 Å². The molecule has 0 unspecified atom stereocenters. The molecular weight excluding hydrogens is 469 g/mol. The number of hydrogen-bond donors (Lipinski definition) is 2. The first-order chi connectivity index (χ1) is 12.5. The normalized spacial score (nSPS) is 11.1. The Bertz CT molecular complexity index is 906. The van der Waals surface area contributed by atoms with Crippen molar-refractivity contribution in [1.82, 2.24) is 5.32 Å². The lowest BCUT2D eigenvalue weighted by atomic mass is 10.1. The molecule has 0 heterocycles. The van der Waals surface area contributed by atoms with E-state index in [-0.39, 0.29) is 21.4 Å². The van der Waals surface area contributed by atoms with E-state index in [0.717, 1.165) is 23.8 Å². The summed E-state index contributed by atoms with van der Waals surface area (Å²) in [6.45, 7) is 1.78. The second-order valence-corrected chi connectivity index (χ2v) is 7.14. The number of halogens is 5. The molecule has 0 radical (unpaired) electrons. The van der Waals surface area contributed by atoms with Gasteiger partial charge < -0.3 is 10.1 Å². The molecule has 0 aromatic heterocycles. The van der Waals surface area contributed by atoms with E-state index in [0.29, 0.717) is 10.2 Å². The maximum Gasteiger partial charge on any atom is 0.416 e. The Hall–Kier alpha value is -1.84. The third kappa shape index (κ3) is 5.33. The van der Waals surface area contributed by atoms with Crippen LogP contribution in [0.25, 0.3) is 0 Å². The van der Waals surface area contributed by atoms with Gasteiger partial charge >= 0.3 is 6.18 Å². The minimum Gasteiger partial charge on any atom is -0.496 e. The molecule has 2 aromatic rings. The largest absolute Gasteiger partial charge is 0.496 e. The number of thiocarbonyl (C=S) groups is 1. The standard InChI is InChI=1S/C17H13BrClF3N2O2S/c1-8-5-10(18)7-11(14(8)26-2)15(25)24-16(27)23-13-4-3-9(6-12(13)19)17(20,21)22/h3-7H,1-2H3,(H2,23,24,25,27).